The molecule has 1 aliphatic rings. The Bertz CT molecular complexity index is 786. The lowest BCUT2D eigenvalue weighted by atomic mass is 10.1. The summed E-state index contributed by atoms with van der Waals surface area (Å²) in [6.07, 6.45) is 2.07. The summed E-state index contributed by atoms with van der Waals surface area (Å²) in [6, 6.07) is 14.7. The van der Waals surface area contributed by atoms with E-state index in [1.165, 1.54) is 16.0 Å². The van der Waals surface area contributed by atoms with Gasteiger partial charge in [-0.05, 0) is 29.5 Å². The van der Waals surface area contributed by atoms with Crippen LogP contribution in [0, 0.1) is 0 Å². The van der Waals surface area contributed by atoms with Crippen molar-refractivity contribution in [1.82, 2.24) is 10.2 Å². The maximum atomic E-state index is 5.46. The Morgan fingerprint density at radius 1 is 1.15 bits per heavy atom. The molecule has 146 valence electrons. The number of nitrogens with zero attached hydrogens (tertiary/aromatic N) is 2. The second-order valence-corrected chi connectivity index (χ2v) is 7.00. The molecule has 2 aromatic carbocycles. The van der Waals surface area contributed by atoms with Crippen molar-refractivity contribution in [3.05, 3.63) is 53.6 Å². The fourth-order valence-corrected chi connectivity index (χ4v) is 3.69. The molecule has 1 N–H and O–H groups in total. The molecule has 3 rings (SSSR count). The van der Waals surface area contributed by atoms with Gasteiger partial charge in [-0.3, -0.25) is 4.99 Å². The Kier molecular flexibility index (Phi) is 8.09. The fourth-order valence-electron chi connectivity index (χ4n) is 3.08. The minimum atomic E-state index is 0. The number of rotatable bonds is 6. The van der Waals surface area contributed by atoms with Gasteiger partial charge in [-0.25, -0.2) is 0 Å². The number of ether oxygens (including phenoxy) is 2. The van der Waals surface area contributed by atoms with Crippen LogP contribution in [0.5, 0.6) is 11.5 Å². The number of aliphatic imine (C=N–C) groups is 1. The number of halogens is 1. The van der Waals surface area contributed by atoms with Gasteiger partial charge in [0.05, 0.1) is 26.8 Å². The van der Waals surface area contributed by atoms with Crippen LogP contribution in [0.25, 0.3) is 0 Å². The average molecular weight is 499 g/mol. The fraction of sp³-hybridized carbons (Fsp3) is 0.350. The third-order valence-electron chi connectivity index (χ3n) is 4.48. The van der Waals surface area contributed by atoms with Crippen molar-refractivity contribution in [3.63, 3.8) is 0 Å². The lowest BCUT2D eigenvalue weighted by Crippen LogP contribution is -2.36. The summed E-state index contributed by atoms with van der Waals surface area (Å²) >= 11 is 1.70. The summed E-state index contributed by atoms with van der Waals surface area (Å²) in [5, 5.41) is 3.53. The van der Waals surface area contributed by atoms with Gasteiger partial charge in [0.2, 0.25) is 0 Å². The number of benzene rings is 2. The highest BCUT2D eigenvalue weighted by atomic mass is 127. The van der Waals surface area contributed by atoms with Gasteiger partial charge in [-0.15, -0.1) is 35.7 Å². The van der Waals surface area contributed by atoms with Crippen LogP contribution in [-0.2, 0) is 6.54 Å². The third kappa shape index (κ3) is 5.01. The van der Waals surface area contributed by atoms with Crippen LogP contribution in [0.3, 0.4) is 0 Å². The molecule has 0 amide bonds. The van der Waals surface area contributed by atoms with Crippen LogP contribution in [0.2, 0.25) is 0 Å². The van der Waals surface area contributed by atoms with Crippen LogP contribution in [0.15, 0.2) is 52.4 Å². The van der Waals surface area contributed by atoms with E-state index in [4.69, 9.17) is 14.5 Å². The van der Waals surface area contributed by atoms with E-state index in [2.05, 4.69) is 47.8 Å². The summed E-state index contributed by atoms with van der Waals surface area (Å²) in [4.78, 5) is 8.01. The standard InChI is InChI=1S/C20H25N3O2S.HI/c1-23(20-21-12-16(22-20)14-8-6-5-7-9-14)13-15-10-17(24-2)18(25-3)11-19(15)26-4;/h5-11,16H,12-13H2,1-4H3,(H,21,22);1H. The van der Waals surface area contributed by atoms with Gasteiger partial charge in [0.25, 0.3) is 0 Å². The number of methoxy groups -OCH3 is 2. The Morgan fingerprint density at radius 2 is 1.81 bits per heavy atom. The van der Waals surface area contributed by atoms with Crippen LogP contribution < -0.4 is 14.8 Å². The van der Waals surface area contributed by atoms with Crippen molar-refractivity contribution in [2.45, 2.75) is 17.5 Å². The molecular weight excluding hydrogens is 473 g/mol. The number of thioether (sulfide) groups is 1. The smallest absolute Gasteiger partial charge is 0.194 e. The van der Waals surface area contributed by atoms with E-state index in [1.54, 1.807) is 26.0 Å². The monoisotopic (exact) mass is 499 g/mol. The summed E-state index contributed by atoms with van der Waals surface area (Å²) in [7, 11) is 5.38. The summed E-state index contributed by atoms with van der Waals surface area (Å²) < 4.78 is 10.9. The normalized spacial score (nSPS) is 15.4. The van der Waals surface area contributed by atoms with Crippen LogP contribution in [-0.4, -0.2) is 44.9 Å². The molecule has 7 heteroatoms. The minimum absolute atomic E-state index is 0. The van der Waals surface area contributed by atoms with Gasteiger partial charge in [-0.1, -0.05) is 30.3 Å². The number of nitrogens with one attached hydrogen (secondary N) is 1. The highest BCUT2D eigenvalue weighted by Crippen LogP contribution is 2.35. The average Bonchev–Trinajstić information content (AvgIpc) is 3.18. The molecule has 1 atom stereocenters. The minimum Gasteiger partial charge on any atom is -0.493 e. The summed E-state index contributed by atoms with van der Waals surface area (Å²) in [5.74, 6) is 2.42. The Labute approximate surface area is 182 Å². The first-order chi connectivity index (χ1) is 12.7. The van der Waals surface area contributed by atoms with Crippen LogP contribution in [0.4, 0.5) is 0 Å². The van der Waals surface area contributed by atoms with Crippen LogP contribution >= 0.6 is 35.7 Å². The van der Waals surface area contributed by atoms with Crippen molar-refractivity contribution in [1.29, 1.82) is 0 Å². The SMILES string of the molecule is COc1cc(CN(C)C2=NCC(c3ccccc3)N2)c(SC)cc1OC.I. The largest absolute Gasteiger partial charge is 0.493 e. The van der Waals surface area contributed by atoms with E-state index in [0.29, 0.717) is 0 Å². The van der Waals surface area contributed by atoms with E-state index in [-0.39, 0.29) is 30.0 Å². The highest BCUT2D eigenvalue weighted by molar-refractivity contribution is 14.0. The van der Waals surface area contributed by atoms with Crippen molar-refractivity contribution in [2.24, 2.45) is 4.99 Å². The Morgan fingerprint density at radius 3 is 2.44 bits per heavy atom. The zero-order chi connectivity index (χ0) is 18.5. The topological polar surface area (TPSA) is 46.1 Å². The lowest BCUT2D eigenvalue weighted by Gasteiger charge is -2.23. The van der Waals surface area contributed by atoms with Crippen molar-refractivity contribution < 1.29 is 9.47 Å². The molecule has 0 aromatic heterocycles. The first-order valence-electron chi connectivity index (χ1n) is 8.52. The first kappa shape index (κ1) is 21.7. The van der Waals surface area contributed by atoms with E-state index in [0.717, 1.165) is 30.5 Å². The molecule has 0 radical (unpaired) electrons. The molecule has 0 saturated heterocycles. The molecule has 0 fully saturated rings. The summed E-state index contributed by atoms with van der Waals surface area (Å²) in [6.45, 7) is 1.49. The Hall–Kier alpha value is -1.61. The zero-order valence-corrected chi connectivity index (χ0v) is 19.2. The third-order valence-corrected chi connectivity index (χ3v) is 5.30. The maximum Gasteiger partial charge on any atom is 0.194 e. The molecule has 1 unspecified atom stereocenters. The molecule has 1 aliphatic heterocycles. The molecular formula is C20H26IN3O2S. The molecule has 0 aliphatic carbocycles. The van der Waals surface area contributed by atoms with Gasteiger partial charge in [-0.2, -0.15) is 0 Å². The van der Waals surface area contributed by atoms with Crippen molar-refractivity contribution in [2.75, 3.05) is 34.1 Å². The van der Waals surface area contributed by atoms with Gasteiger partial charge in [0.15, 0.2) is 17.5 Å². The number of hydrogen-bond donors (Lipinski definition) is 1. The van der Waals surface area contributed by atoms with Crippen LogP contribution in [0.1, 0.15) is 17.2 Å². The van der Waals surface area contributed by atoms with E-state index >= 15 is 0 Å². The van der Waals surface area contributed by atoms with E-state index < -0.39 is 0 Å². The van der Waals surface area contributed by atoms with Gasteiger partial charge in [0.1, 0.15) is 0 Å². The van der Waals surface area contributed by atoms with Gasteiger partial charge < -0.3 is 19.7 Å². The van der Waals surface area contributed by atoms with Crippen molar-refractivity contribution >= 4 is 41.7 Å². The van der Waals surface area contributed by atoms with Crippen molar-refractivity contribution in [3.8, 4) is 11.5 Å². The number of guanidine groups is 1. The van der Waals surface area contributed by atoms with E-state index in [9.17, 15) is 0 Å². The molecule has 0 bridgehead atoms. The quantitative estimate of drug-likeness (QED) is 0.478. The van der Waals surface area contributed by atoms with E-state index in [1.807, 2.05) is 18.2 Å². The van der Waals surface area contributed by atoms with Gasteiger partial charge in [0, 0.05) is 18.5 Å². The second-order valence-electron chi connectivity index (χ2n) is 6.15. The zero-order valence-electron chi connectivity index (χ0n) is 16.1. The predicted octanol–water partition coefficient (Wildman–Crippen LogP) is 4.18. The number of hydrogen-bond acceptors (Lipinski definition) is 6. The highest BCUT2D eigenvalue weighted by Gasteiger charge is 2.22. The first-order valence-corrected chi connectivity index (χ1v) is 9.74. The molecule has 1 heterocycles. The molecule has 27 heavy (non-hydrogen) atoms. The van der Waals surface area contributed by atoms with Gasteiger partial charge >= 0.3 is 0 Å². The second kappa shape index (κ2) is 10.1. The molecule has 0 spiro atoms. The molecule has 2 aromatic rings. The lowest BCUT2D eigenvalue weighted by molar-refractivity contribution is 0.352. The summed E-state index contributed by atoms with van der Waals surface area (Å²) in [5.41, 5.74) is 2.45. The maximum absolute atomic E-state index is 5.46. The molecule has 5 nitrogen and oxygen atoms in total. The Balaban J connectivity index is 0.00000261. The molecule has 0 saturated carbocycles. The predicted molar refractivity (Wildman–Crippen MR) is 123 cm³/mol.